The molecule has 0 saturated carbocycles. The van der Waals surface area contributed by atoms with Gasteiger partial charge in [-0.05, 0) is 18.9 Å². The summed E-state index contributed by atoms with van der Waals surface area (Å²) in [6, 6.07) is -0.988. The Kier molecular flexibility index (Phi) is 2.44. The minimum atomic E-state index is -2.74. The van der Waals surface area contributed by atoms with Crippen LogP contribution in [0.2, 0.25) is 0 Å². The Balaban J connectivity index is 2.65. The largest absolute Gasteiger partial charge is 0.322 e. The van der Waals surface area contributed by atoms with Crippen LogP contribution in [0.1, 0.15) is 13.3 Å². The summed E-state index contributed by atoms with van der Waals surface area (Å²) in [4.78, 5) is 0. The molecule has 1 saturated heterocycles. The second kappa shape index (κ2) is 3.03. The lowest BCUT2D eigenvalue weighted by Crippen LogP contribution is -2.48. The average Bonchev–Trinajstić information content (AvgIpc) is 2.03. The number of nitrogens with two attached hydrogens (primary N) is 1. The van der Waals surface area contributed by atoms with Crippen LogP contribution in [0.15, 0.2) is 0 Å². The van der Waals surface area contributed by atoms with E-state index in [2.05, 4.69) is 5.32 Å². The van der Waals surface area contributed by atoms with Crippen LogP contribution in [0.25, 0.3) is 0 Å². The fourth-order valence-corrected chi connectivity index (χ4v) is 1.30. The molecule has 1 aliphatic heterocycles. The monoisotopic (exact) mass is 164 g/mol. The van der Waals surface area contributed by atoms with Gasteiger partial charge in [-0.3, -0.25) is 0 Å². The smallest absolute Gasteiger partial charge is 0.275 e. The second-order valence-corrected chi connectivity index (χ2v) is 3.23. The molecular weight excluding hydrogens is 150 g/mol. The number of nitrogens with one attached hydrogen (secondary N) is 1. The number of hydrogen-bond acceptors (Lipinski definition) is 2. The molecule has 2 nitrogen and oxygen atoms in total. The lowest BCUT2D eigenvalue weighted by molar-refractivity contribution is -0.0306. The molecule has 3 N–H and O–H groups in total. The van der Waals surface area contributed by atoms with Crippen molar-refractivity contribution in [1.82, 2.24) is 5.32 Å². The van der Waals surface area contributed by atoms with E-state index in [4.69, 9.17) is 5.73 Å². The summed E-state index contributed by atoms with van der Waals surface area (Å²) >= 11 is 0. The van der Waals surface area contributed by atoms with Crippen LogP contribution >= 0.6 is 0 Å². The van der Waals surface area contributed by atoms with E-state index >= 15 is 0 Å². The first-order valence-corrected chi connectivity index (χ1v) is 3.88. The molecule has 0 amide bonds. The van der Waals surface area contributed by atoms with Crippen LogP contribution in [-0.4, -0.2) is 25.1 Å². The van der Waals surface area contributed by atoms with Crippen molar-refractivity contribution >= 4 is 0 Å². The van der Waals surface area contributed by atoms with E-state index in [1.807, 2.05) is 0 Å². The molecule has 0 aromatic heterocycles. The van der Waals surface area contributed by atoms with E-state index in [1.54, 1.807) is 6.92 Å². The molecule has 1 fully saturated rings. The van der Waals surface area contributed by atoms with Gasteiger partial charge in [0.05, 0.1) is 12.6 Å². The highest BCUT2D eigenvalue weighted by molar-refractivity contribution is 4.89. The molecule has 1 aliphatic rings. The highest BCUT2D eigenvalue weighted by Gasteiger charge is 2.41. The maximum atomic E-state index is 12.9. The Bertz CT molecular complexity index is 138. The quantitative estimate of drug-likeness (QED) is 0.549. The van der Waals surface area contributed by atoms with E-state index in [1.165, 1.54) is 0 Å². The Morgan fingerprint density at radius 2 is 2.18 bits per heavy atom. The van der Waals surface area contributed by atoms with Crippen LogP contribution in [0.5, 0.6) is 0 Å². The molecule has 1 heterocycles. The summed E-state index contributed by atoms with van der Waals surface area (Å²) in [5.41, 5.74) is 5.37. The second-order valence-electron chi connectivity index (χ2n) is 3.23. The minimum absolute atomic E-state index is 0.0972. The lowest BCUT2D eigenvalue weighted by Gasteiger charge is -2.24. The molecule has 0 bridgehead atoms. The van der Waals surface area contributed by atoms with Crippen LogP contribution in [0.3, 0.4) is 0 Å². The van der Waals surface area contributed by atoms with Crippen molar-refractivity contribution in [3.8, 4) is 0 Å². The molecule has 0 radical (unpaired) electrons. The van der Waals surface area contributed by atoms with Crippen molar-refractivity contribution in [2.75, 3.05) is 13.1 Å². The summed E-state index contributed by atoms with van der Waals surface area (Å²) in [6.45, 7) is 2.13. The van der Waals surface area contributed by atoms with E-state index in [-0.39, 0.29) is 12.5 Å². The first kappa shape index (κ1) is 8.87. The van der Waals surface area contributed by atoms with Crippen LogP contribution < -0.4 is 11.1 Å². The van der Waals surface area contributed by atoms with Crippen molar-refractivity contribution in [2.45, 2.75) is 25.3 Å². The Hall–Kier alpha value is -0.220. The van der Waals surface area contributed by atoms with E-state index in [9.17, 15) is 8.78 Å². The fourth-order valence-electron chi connectivity index (χ4n) is 1.30. The van der Waals surface area contributed by atoms with Gasteiger partial charge in [0.1, 0.15) is 0 Å². The molecule has 0 aromatic rings. The number of halogens is 2. The van der Waals surface area contributed by atoms with Crippen molar-refractivity contribution in [3.63, 3.8) is 0 Å². The SMILES string of the molecule is CC1CCNCC(F)(F)C1N. The molecule has 2 atom stereocenters. The summed E-state index contributed by atoms with van der Waals surface area (Å²) in [7, 11) is 0. The van der Waals surface area contributed by atoms with Gasteiger partial charge in [0, 0.05) is 0 Å². The third-order valence-electron chi connectivity index (χ3n) is 2.24. The molecular formula is C7H14F2N2. The van der Waals surface area contributed by atoms with Gasteiger partial charge in [0.25, 0.3) is 5.92 Å². The summed E-state index contributed by atoms with van der Waals surface area (Å²) in [5.74, 6) is -2.84. The van der Waals surface area contributed by atoms with Crippen LogP contribution in [0, 0.1) is 5.92 Å². The van der Waals surface area contributed by atoms with Gasteiger partial charge in [-0.15, -0.1) is 0 Å². The fraction of sp³-hybridized carbons (Fsp3) is 1.00. The highest BCUT2D eigenvalue weighted by Crippen LogP contribution is 2.25. The minimum Gasteiger partial charge on any atom is -0.322 e. The number of hydrogen-bond donors (Lipinski definition) is 2. The molecule has 11 heavy (non-hydrogen) atoms. The Labute approximate surface area is 65.1 Å². The van der Waals surface area contributed by atoms with Crippen LogP contribution in [-0.2, 0) is 0 Å². The van der Waals surface area contributed by atoms with Gasteiger partial charge in [-0.25, -0.2) is 8.78 Å². The summed E-state index contributed by atoms with van der Waals surface area (Å²) in [6.07, 6.45) is 0.733. The maximum absolute atomic E-state index is 12.9. The van der Waals surface area contributed by atoms with E-state index in [0.717, 1.165) is 6.42 Å². The van der Waals surface area contributed by atoms with Gasteiger partial charge in [-0.1, -0.05) is 6.92 Å². The van der Waals surface area contributed by atoms with Gasteiger partial charge in [-0.2, -0.15) is 0 Å². The topological polar surface area (TPSA) is 38.0 Å². The Morgan fingerprint density at radius 3 is 2.82 bits per heavy atom. The predicted molar refractivity (Wildman–Crippen MR) is 39.6 cm³/mol. The molecule has 4 heteroatoms. The zero-order valence-electron chi connectivity index (χ0n) is 6.61. The van der Waals surface area contributed by atoms with Gasteiger partial charge < -0.3 is 11.1 Å². The third-order valence-corrected chi connectivity index (χ3v) is 2.24. The van der Waals surface area contributed by atoms with E-state index in [0.29, 0.717) is 6.54 Å². The molecule has 1 rings (SSSR count). The van der Waals surface area contributed by atoms with Gasteiger partial charge >= 0.3 is 0 Å². The molecule has 66 valence electrons. The van der Waals surface area contributed by atoms with Crippen molar-refractivity contribution in [3.05, 3.63) is 0 Å². The van der Waals surface area contributed by atoms with Crippen molar-refractivity contribution < 1.29 is 8.78 Å². The molecule has 0 spiro atoms. The number of alkyl halides is 2. The maximum Gasteiger partial charge on any atom is 0.275 e. The van der Waals surface area contributed by atoms with E-state index < -0.39 is 12.0 Å². The normalized spacial score (nSPS) is 38.2. The zero-order valence-corrected chi connectivity index (χ0v) is 6.61. The zero-order chi connectivity index (χ0) is 8.48. The lowest BCUT2D eigenvalue weighted by atomic mass is 9.95. The average molecular weight is 164 g/mol. The van der Waals surface area contributed by atoms with Gasteiger partial charge in [0.2, 0.25) is 0 Å². The van der Waals surface area contributed by atoms with Crippen molar-refractivity contribution in [2.24, 2.45) is 11.7 Å². The number of rotatable bonds is 0. The highest BCUT2D eigenvalue weighted by atomic mass is 19.3. The molecule has 0 aromatic carbocycles. The van der Waals surface area contributed by atoms with Crippen molar-refractivity contribution in [1.29, 1.82) is 0 Å². The summed E-state index contributed by atoms with van der Waals surface area (Å²) < 4.78 is 25.8. The Morgan fingerprint density at radius 1 is 1.55 bits per heavy atom. The van der Waals surface area contributed by atoms with Gasteiger partial charge in [0.15, 0.2) is 0 Å². The first-order chi connectivity index (χ1) is 5.04. The predicted octanol–water partition coefficient (Wildman–Crippen LogP) is 0.578. The third kappa shape index (κ3) is 1.87. The standard InChI is InChI=1S/C7H14F2N2/c1-5-2-3-11-4-7(8,9)6(5)10/h5-6,11H,2-4,10H2,1H3. The summed E-state index contributed by atoms with van der Waals surface area (Å²) in [5, 5.41) is 2.67. The van der Waals surface area contributed by atoms with Crippen LogP contribution in [0.4, 0.5) is 8.78 Å². The first-order valence-electron chi connectivity index (χ1n) is 3.88. The molecule has 0 aliphatic carbocycles. The molecule has 2 unspecified atom stereocenters.